The number of ether oxygens (including phenoxy) is 4. The predicted octanol–water partition coefficient (Wildman–Crippen LogP) is 4.32. The van der Waals surface area contributed by atoms with Gasteiger partial charge in [0.05, 0.1) is 12.4 Å². The van der Waals surface area contributed by atoms with E-state index in [-0.39, 0.29) is 6.23 Å². The average Bonchev–Trinajstić information content (AvgIpc) is 3.05. The van der Waals surface area contributed by atoms with Gasteiger partial charge in [-0.15, -0.1) is 0 Å². The summed E-state index contributed by atoms with van der Waals surface area (Å²) in [6.45, 7) is 0.772. The zero-order valence-corrected chi connectivity index (χ0v) is 14.5. The summed E-state index contributed by atoms with van der Waals surface area (Å²) in [5, 5.41) is 4.88. The Morgan fingerprint density at radius 2 is 2.04 bits per heavy atom. The maximum absolute atomic E-state index is 6.17. The van der Waals surface area contributed by atoms with Crippen LogP contribution in [0.15, 0.2) is 30.6 Å². The van der Waals surface area contributed by atoms with Gasteiger partial charge in [-0.25, -0.2) is 4.68 Å². The van der Waals surface area contributed by atoms with Crippen LogP contribution in [0.3, 0.4) is 0 Å². The van der Waals surface area contributed by atoms with E-state index in [2.05, 4.69) is 5.10 Å². The van der Waals surface area contributed by atoms with Crippen LogP contribution in [0.25, 0.3) is 0 Å². The van der Waals surface area contributed by atoms with Crippen molar-refractivity contribution < 1.29 is 18.9 Å². The molecule has 0 N–H and O–H groups in total. The van der Waals surface area contributed by atoms with Crippen LogP contribution in [-0.4, -0.2) is 30.6 Å². The highest BCUT2D eigenvalue weighted by atomic mass is 35.5. The van der Waals surface area contributed by atoms with Gasteiger partial charge in [0, 0.05) is 31.4 Å². The van der Waals surface area contributed by atoms with Gasteiger partial charge < -0.3 is 18.9 Å². The molecule has 6 nitrogen and oxygen atoms in total. The lowest BCUT2D eigenvalue weighted by Gasteiger charge is -2.22. The summed E-state index contributed by atoms with van der Waals surface area (Å²) in [5.74, 6) is 1.23. The zero-order valence-electron chi connectivity index (χ0n) is 13.8. The third-order valence-corrected chi connectivity index (χ3v) is 4.08. The van der Waals surface area contributed by atoms with Crippen molar-refractivity contribution in [1.82, 2.24) is 9.78 Å². The van der Waals surface area contributed by atoms with Gasteiger partial charge in [0.25, 0.3) is 0 Å². The molecule has 1 fully saturated rings. The van der Waals surface area contributed by atoms with E-state index in [0.717, 1.165) is 31.4 Å². The maximum Gasteiger partial charge on any atom is 0.183 e. The molecule has 0 bridgehead atoms. The number of halogens is 1. The molecule has 2 aromatic rings. The van der Waals surface area contributed by atoms with E-state index >= 15 is 0 Å². The molecule has 1 aliphatic rings. The normalized spacial score (nSPS) is 18.1. The standard InChI is InChI=1S/C17H21ClN2O4/c1-21-17(22-2)12-7-13(18)9-14(8-12)24-15-10-19-20(11-15)16-5-3-4-6-23-16/h7-11,16-17H,3-6H2,1-2H3. The Balaban J connectivity index is 1.75. The third kappa shape index (κ3) is 4.08. The van der Waals surface area contributed by atoms with Crippen molar-refractivity contribution in [3.8, 4) is 11.5 Å². The van der Waals surface area contributed by atoms with Crippen molar-refractivity contribution in [2.75, 3.05) is 20.8 Å². The van der Waals surface area contributed by atoms with Gasteiger partial charge in [-0.3, -0.25) is 0 Å². The van der Waals surface area contributed by atoms with Gasteiger partial charge in [0.2, 0.25) is 0 Å². The lowest BCUT2D eigenvalue weighted by atomic mass is 10.2. The average molecular weight is 353 g/mol. The Labute approximate surface area is 146 Å². The second-order valence-electron chi connectivity index (χ2n) is 5.60. The van der Waals surface area contributed by atoms with Crippen molar-refractivity contribution in [3.63, 3.8) is 0 Å². The monoisotopic (exact) mass is 352 g/mol. The van der Waals surface area contributed by atoms with Gasteiger partial charge in [-0.05, 0) is 37.5 Å². The first-order chi connectivity index (χ1) is 11.7. The highest BCUT2D eigenvalue weighted by molar-refractivity contribution is 6.30. The van der Waals surface area contributed by atoms with E-state index in [9.17, 15) is 0 Å². The zero-order chi connectivity index (χ0) is 16.9. The number of rotatable bonds is 6. The number of hydrogen-bond acceptors (Lipinski definition) is 5. The number of benzene rings is 1. The van der Waals surface area contributed by atoms with Gasteiger partial charge in [0.1, 0.15) is 12.0 Å². The summed E-state index contributed by atoms with van der Waals surface area (Å²) in [6, 6.07) is 5.35. The maximum atomic E-state index is 6.17. The van der Waals surface area contributed by atoms with Crippen LogP contribution >= 0.6 is 11.6 Å². The molecule has 0 aliphatic carbocycles. The summed E-state index contributed by atoms with van der Waals surface area (Å²) in [7, 11) is 3.15. The fraction of sp³-hybridized carbons (Fsp3) is 0.471. The molecule has 7 heteroatoms. The largest absolute Gasteiger partial charge is 0.454 e. The van der Waals surface area contributed by atoms with Crippen LogP contribution in [0.4, 0.5) is 0 Å². The molecule has 1 aromatic carbocycles. The quantitative estimate of drug-likeness (QED) is 0.725. The summed E-state index contributed by atoms with van der Waals surface area (Å²) in [6.07, 6.45) is 6.21. The number of nitrogens with zero attached hydrogens (tertiary/aromatic N) is 2. The molecular formula is C17H21ClN2O4. The van der Waals surface area contributed by atoms with Crippen molar-refractivity contribution in [2.24, 2.45) is 0 Å². The van der Waals surface area contributed by atoms with Crippen LogP contribution in [0, 0.1) is 0 Å². The molecule has 130 valence electrons. The minimum atomic E-state index is -0.496. The molecule has 0 spiro atoms. The highest BCUT2D eigenvalue weighted by Crippen LogP contribution is 2.31. The SMILES string of the molecule is COC(OC)c1cc(Cl)cc(Oc2cnn(C3CCCCO3)c2)c1. The fourth-order valence-electron chi connectivity index (χ4n) is 2.75. The highest BCUT2D eigenvalue weighted by Gasteiger charge is 2.17. The predicted molar refractivity (Wildman–Crippen MR) is 89.4 cm³/mol. The first-order valence-electron chi connectivity index (χ1n) is 7.89. The lowest BCUT2D eigenvalue weighted by Crippen LogP contribution is -2.18. The molecule has 1 unspecified atom stereocenters. The van der Waals surface area contributed by atoms with Crippen molar-refractivity contribution >= 4 is 11.6 Å². The summed E-state index contributed by atoms with van der Waals surface area (Å²) in [5.41, 5.74) is 0.783. The van der Waals surface area contributed by atoms with Gasteiger partial charge in [-0.1, -0.05) is 11.6 Å². The topological polar surface area (TPSA) is 54.7 Å². The molecule has 0 saturated carbocycles. The number of aromatic nitrogens is 2. The van der Waals surface area contributed by atoms with E-state index in [1.807, 2.05) is 12.3 Å². The summed E-state index contributed by atoms with van der Waals surface area (Å²) in [4.78, 5) is 0. The van der Waals surface area contributed by atoms with E-state index in [0.29, 0.717) is 16.5 Å². The number of hydrogen-bond donors (Lipinski definition) is 0. The molecule has 0 amide bonds. The molecule has 3 rings (SSSR count). The molecule has 2 heterocycles. The minimum absolute atomic E-state index is 0.0163. The Morgan fingerprint density at radius 3 is 2.75 bits per heavy atom. The smallest absolute Gasteiger partial charge is 0.183 e. The second kappa shape index (κ2) is 7.98. The lowest BCUT2D eigenvalue weighted by molar-refractivity contribution is -0.106. The van der Waals surface area contributed by atoms with Crippen LogP contribution in [0.5, 0.6) is 11.5 Å². The van der Waals surface area contributed by atoms with E-state index in [1.165, 1.54) is 0 Å². The van der Waals surface area contributed by atoms with Gasteiger partial charge in [-0.2, -0.15) is 5.10 Å². The molecule has 24 heavy (non-hydrogen) atoms. The fourth-order valence-corrected chi connectivity index (χ4v) is 2.98. The third-order valence-electron chi connectivity index (χ3n) is 3.86. The van der Waals surface area contributed by atoms with E-state index in [1.54, 1.807) is 37.2 Å². The Kier molecular flexibility index (Phi) is 5.73. The van der Waals surface area contributed by atoms with E-state index in [4.69, 9.17) is 30.5 Å². The van der Waals surface area contributed by atoms with Crippen LogP contribution in [0.2, 0.25) is 5.02 Å². The van der Waals surface area contributed by atoms with Crippen LogP contribution in [0.1, 0.15) is 37.3 Å². The Bertz CT molecular complexity index is 666. The van der Waals surface area contributed by atoms with E-state index < -0.39 is 6.29 Å². The van der Waals surface area contributed by atoms with Crippen molar-refractivity contribution in [2.45, 2.75) is 31.8 Å². The van der Waals surface area contributed by atoms with Gasteiger partial charge in [0.15, 0.2) is 12.0 Å². The van der Waals surface area contributed by atoms with Crippen LogP contribution < -0.4 is 4.74 Å². The first kappa shape index (κ1) is 17.2. The molecule has 1 aromatic heterocycles. The second-order valence-corrected chi connectivity index (χ2v) is 6.04. The Morgan fingerprint density at radius 1 is 1.21 bits per heavy atom. The molecular weight excluding hydrogens is 332 g/mol. The molecule has 1 aliphatic heterocycles. The Hall–Kier alpha value is -1.60. The van der Waals surface area contributed by atoms with Crippen molar-refractivity contribution in [1.29, 1.82) is 0 Å². The summed E-state index contributed by atoms with van der Waals surface area (Å²) >= 11 is 6.17. The molecule has 1 saturated heterocycles. The van der Waals surface area contributed by atoms with Gasteiger partial charge >= 0.3 is 0 Å². The first-order valence-corrected chi connectivity index (χ1v) is 8.27. The van der Waals surface area contributed by atoms with Crippen molar-refractivity contribution in [3.05, 3.63) is 41.2 Å². The minimum Gasteiger partial charge on any atom is -0.454 e. The molecule has 1 atom stereocenters. The number of methoxy groups -OCH3 is 2. The molecule has 0 radical (unpaired) electrons. The summed E-state index contributed by atoms with van der Waals surface area (Å²) < 4.78 is 23.9. The van der Waals surface area contributed by atoms with Crippen LogP contribution in [-0.2, 0) is 14.2 Å².